The summed E-state index contributed by atoms with van der Waals surface area (Å²) in [6.45, 7) is 4.48. The fraction of sp³-hybridized carbons (Fsp3) is 0.675. The molecule has 4 nitrogen and oxygen atoms in total. The standard InChI is InChI=1S/C40H54INO3/c1-3-27-6-10-28(11-7-27)30-14-20-34(21-15-30)43-36-24-25-37(39-38(36)42-40(45-39)32-8-4-26(2)5-9-32)44-35-22-16-31(17-23-35)29-12-18-33(41)19-13-29/h4-5,8-9,24-25,27-31,33-35H,3,6-7,10-23H2,1-2H3. The van der Waals surface area contributed by atoms with Crippen LogP contribution >= 0.6 is 22.6 Å². The third-order valence-corrected chi connectivity index (χ3v) is 13.5. The molecule has 4 aliphatic rings. The monoisotopic (exact) mass is 723 g/mol. The summed E-state index contributed by atoms with van der Waals surface area (Å²) in [6, 6.07) is 12.6. The summed E-state index contributed by atoms with van der Waals surface area (Å²) < 4.78 is 20.9. The summed E-state index contributed by atoms with van der Waals surface area (Å²) in [5, 5.41) is 0. The van der Waals surface area contributed by atoms with Crippen molar-refractivity contribution in [1.82, 2.24) is 4.98 Å². The van der Waals surface area contributed by atoms with Gasteiger partial charge in [0.2, 0.25) is 11.5 Å². The Morgan fingerprint density at radius 1 is 0.644 bits per heavy atom. The number of rotatable bonds is 8. The molecule has 45 heavy (non-hydrogen) atoms. The van der Waals surface area contributed by atoms with Crippen LogP contribution in [-0.4, -0.2) is 21.1 Å². The van der Waals surface area contributed by atoms with Crippen molar-refractivity contribution in [3.63, 3.8) is 0 Å². The maximum Gasteiger partial charge on any atom is 0.227 e. The average Bonchev–Trinajstić information content (AvgIpc) is 3.54. The van der Waals surface area contributed by atoms with Crippen molar-refractivity contribution in [2.45, 2.75) is 139 Å². The number of alkyl halides is 1. The highest BCUT2D eigenvalue weighted by molar-refractivity contribution is 14.1. The van der Waals surface area contributed by atoms with Crippen molar-refractivity contribution >= 4 is 33.7 Å². The lowest BCUT2D eigenvalue weighted by atomic mass is 9.70. The van der Waals surface area contributed by atoms with E-state index in [1.54, 1.807) is 0 Å². The Bertz CT molecular complexity index is 1370. The minimum absolute atomic E-state index is 0.243. The van der Waals surface area contributed by atoms with Crippen LogP contribution in [0.4, 0.5) is 0 Å². The summed E-state index contributed by atoms with van der Waals surface area (Å²) in [4.78, 5) is 5.04. The highest BCUT2D eigenvalue weighted by Crippen LogP contribution is 2.44. The fourth-order valence-electron chi connectivity index (χ4n) is 9.30. The van der Waals surface area contributed by atoms with Crippen LogP contribution in [0.3, 0.4) is 0 Å². The molecule has 0 atom stereocenters. The van der Waals surface area contributed by atoms with E-state index in [1.807, 2.05) is 0 Å². The van der Waals surface area contributed by atoms with Crippen LogP contribution in [-0.2, 0) is 0 Å². The molecule has 1 heterocycles. The molecule has 1 aromatic heterocycles. The van der Waals surface area contributed by atoms with Crippen LogP contribution in [0.1, 0.15) is 122 Å². The first kappa shape index (κ1) is 31.8. The molecule has 4 fully saturated rings. The maximum atomic E-state index is 6.76. The zero-order chi connectivity index (χ0) is 30.8. The Morgan fingerprint density at radius 3 is 1.69 bits per heavy atom. The first-order valence-electron chi connectivity index (χ1n) is 18.5. The number of ether oxygens (including phenoxy) is 2. The third-order valence-electron chi connectivity index (χ3n) is 12.3. The van der Waals surface area contributed by atoms with Gasteiger partial charge in [-0.25, -0.2) is 4.98 Å². The zero-order valence-corrected chi connectivity index (χ0v) is 29.8. The van der Waals surface area contributed by atoms with Crippen LogP contribution in [0.15, 0.2) is 40.8 Å². The summed E-state index contributed by atoms with van der Waals surface area (Å²) in [6.07, 6.45) is 23.0. The zero-order valence-electron chi connectivity index (χ0n) is 27.7. The molecule has 244 valence electrons. The molecule has 0 radical (unpaired) electrons. The molecule has 0 unspecified atom stereocenters. The normalized spacial score (nSPS) is 32.8. The molecule has 7 rings (SSSR count). The smallest absolute Gasteiger partial charge is 0.227 e. The number of fused-ring (bicyclic) bond motifs is 1. The number of aryl methyl sites for hydroxylation is 1. The lowest BCUT2D eigenvalue weighted by Gasteiger charge is -2.37. The van der Waals surface area contributed by atoms with Gasteiger partial charge in [0.05, 0.1) is 12.2 Å². The Balaban J connectivity index is 1.04. The molecule has 0 aliphatic heterocycles. The number of nitrogens with zero attached hydrogens (tertiary/aromatic N) is 1. The second kappa shape index (κ2) is 14.6. The Labute approximate surface area is 285 Å². The van der Waals surface area contributed by atoms with Gasteiger partial charge in [0, 0.05) is 9.49 Å². The largest absolute Gasteiger partial charge is 0.488 e. The van der Waals surface area contributed by atoms with Gasteiger partial charge in [-0.05, 0) is 151 Å². The van der Waals surface area contributed by atoms with Crippen LogP contribution in [0, 0.1) is 36.5 Å². The summed E-state index contributed by atoms with van der Waals surface area (Å²) in [5.74, 6) is 6.92. The Morgan fingerprint density at radius 2 is 1.13 bits per heavy atom. The number of benzene rings is 2. The van der Waals surface area contributed by atoms with Gasteiger partial charge in [0.15, 0.2) is 11.3 Å². The van der Waals surface area contributed by atoms with Gasteiger partial charge >= 0.3 is 0 Å². The average molecular weight is 724 g/mol. The predicted molar refractivity (Wildman–Crippen MR) is 192 cm³/mol. The lowest BCUT2D eigenvalue weighted by molar-refractivity contribution is 0.0922. The number of aromatic nitrogens is 1. The predicted octanol–water partition coefficient (Wildman–Crippen LogP) is 11.9. The Hall–Kier alpha value is -1.76. The van der Waals surface area contributed by atoms with E-state index in [4.69, 9.17) is 18.9 Å². The maximum absolute atomic E-state index is 6.76. The first-order valence-corrected chi connectivity index (χ1v) is 19.7. The molecular weight excluding hydrogens is 669 g/mol. The molecule has 0 N–H and O–H groups in total. The van der Waals surface area contributed by atoms with Gasteiger partial charge in [-0.1, -0.05) is 66.5 Å². The van der Waals surface area contributed by atoms with Crippen molar-refractivity contribution in [1.29, 1.82) is 0 Å². The van der Waals surface area contributed by atoms with Crippen molar-refractivity contribution in [2.24, 2.45) is 29.6 Å². The number of hydrogen-bond donors (Lipinski definition) is 0. The molecule has 2 aromatic carbocycles. The van der Waals surface area contributed by atoms with E-state index in [1.165, 1.54) is 89.0 Å². The molecule has 4 aliphatic carbocycles. The summed E-state index contributed by atoms with van der Waals surface area (Å²) in [5.41, 5.74) is 3.78. The molecule has 0 bridgehead atoms. The molecular formula is C40H54INO3. The highest BCUT2D eigenvalue weighted by atomic mass is 127. The second-order valence-corrected chi connectivity index (χ2v) is 16.9. The van der Waals surface area contributed by atoms with Crippen LogP contribution in [0.2, 0.25) is 0 Å². The van der Waals surface area contributed by atoms with Crippen LogP contribution in [0.5, 0.6) is 11.5 Å². The van der Waals surface area contributed by atoms with Gasteiger partial charge in [-0.2, -0.15) is 0 Å². The highest BCUT2D eigenvalue weighted by Gasteiger charge is 2.33. The van der Waals surface area contributed by atoms with Gasteiger partial charge in [0.1, 0.15) is 5.75 Å². The minimum atomic E-state index is 0.243. The van der Waals surface area contributed by atoms with Crippen molar-refractivity contribution in [3.8, 4) is 23.0 Å². The van der Waals surface area contributed by atoms with Crippen molar-refractivity contribution < 1.29 is 13.9 Å². The van der Waals surface area contributed by atoms with Crippen molar-refractivity contribution in [2.75, 3.05) is 0 Å². The number of hydrogen-bond acceptors (Lipinski definition) is 4. The fourth-order valence-corrected chi connectivity index (χ4v) is 10.0. The first-order chi connectivity index (χ1) is 22.0. The van der Waals surface area contributed by atoms with Gasteiger partial charge in [-0.15, -0.1) is 0 Å². The van der Waals surface area contributed by atoms with Gasteiger partial charge in [-0.3, -0.25) is 0 Å². The number of oxazole rings is 1. The summed E-state index contributed by atoms with van der Waals surface area (Å²) >= 11 is 2.65. The van der Waals surface area contributed by atoms with E-state index >= 15 is 0 Å². The topological polar surface area (TPSA) is 44.5 Å². The molecule has 3 aromatic rings. The molecule has 0 spiro atoms. The molecule has 0 saturated heterocycles. The van der Waals surface area contributed by atoms with E-state index in [9.17, 15) is 0 Å². The molecule has 4 saturated carbocycles. The van der Waals surface area contributed by atoms with Crippen LogP contribution in [0.25, 0.3) is 22.6 Å². The van der Waals surface area contributed by atoms with Crippen molar-refractivity contribution in [3.05, 3.63) is 42.0 Å². The van der Waals surface area contributed by atoms with E-state index in [2.05, 4.69) is 72.8 Å². The van der Waals surface area contributed by atoms with E-state index in [0.29, 0.717) is 5.89 Å². The number of halogens is 1. The lowest BCUT2D eigenvalue weighted by Crippen LogP contribution is -2.30. The summed E-state index contributed by atoms with van der Waals surface area (Å²) in [7, 11) is 0. The van der Waals surface area contributed by atoms with Gasteiger partial charge in [0.25, 0.3) is 0 Å². The molecule has 0 amide bonds. The minimum Gasteiger partial charge on any atom is -0.488 e. The third kappa shape index (κ3) is 7.54. The van der Waals surface area contributed by atoms with Crippen LogP contribution < -0.4 is 9.47 Å². The molecule has 5 heteroatoms. The van der Waals surface area contributed by atoms with E-state index in [0.717, 1.165) is 87.4 Å². The van der Waals surface area contributed by atoms with Gasteiger partial charge < -0.3 is 13.9 Å². The Kier molecular flexibility index (Phi) is 10.3. The quantitative estimate of drug-likeness (QED) is 0.171. The van der Waals surface area contributed by atoms with E-state index in [-0.39, 0.29) is 12.2 Å². The van der Waals surface area contributed by atoms with E-state index < -0.39 is 0 Å². The second-order valence-electron chi connectivity index (χ2n) is 15.1. The SMILES string of the molecule is CCC1CCC(C2CCC(Oc3ccc(OC4CCC(C5CCC(I)CC5)CC4)c4oc(-c5ccc(C)cc5)nc34)CC2)CC1.